The van der Waals surface area contributed by atoms with Crippen molar-refractivity contribution >= 4 is 33.1 Å². The van der Waals surface area contributed by atoms with E-state index < -0.39 is 34.3 Å². The summed E-state index contributed by atoms with van der Waals surface area (Å²) < 4.78 is 30.3. The van der Waals surface area contributed by atoms with Gasteiger partial charge in [-0.1, -0.05) is 6.07 Å². The molecule has 0 saturated carbocycles. The molecule has 0 saturated heterocycles. The fraction of sp³-hybridized carbons (Fsp3) is 0.294. The van der Waals surface area contributed by atoms with Crippen LogP contribution in [0.15, 0.2) is 34.5 Å². The van der Waals surface area contributed by atoms with E-state index in [2.05, 4.69) is 4.98 Å². The van der Waals surface area contributed by atoms with Crippen molar-refractivity contribution in [3.8, 4) is 6.07 Å². The highest BCUT2D eigenvalue weighted by Crippen LogP contribution is 2.21. The number of sulfonamides is 1. The minimum absolute atomic E-state index is 0.00988. The Bertz CT molecular complexity index is 1010. The molecule has 1 aromatic carbocycles. The fourth-order valence-corrected chi connectivity index (χ4v) is 3.88. The van der Waals surface area contributed by atoms with Gasteiger partial charge in [-0.25, -0.2) is 22.5 Å². The molecule has 0 spiro atoms. The predicted octanol–water partition coefficient (Wildman–Crippen LogP) is 1.74. The lowest BCUT2D eigenvalue weighted by molar-refractivity contribution is -0.122. The molecule has 10 heteroatoms. The summed E-state index contributed by atoms with van der Waals surface area (Å²) in [6.07, 6.45) is 0. The van der Waals surface area contributed by atoms with Crippen molar-refractivity contribution < 1.29 is 22.7 Å². The maximum atomic E-state index is 12.2. The van der Waals surface area contributed by atoms with Crippen LogP contribution in [0.1, 0.15) is 27.0 Å². The van der Waals surface area contributed by atoms with Crippen molar-refractivity contribution in [2.24, 2.45) is 0 Å². The molecule has 0 aliphatic heterocycles. The Hall–Kier alpha value is -2.61. The predicted molar refractivity (Wildman–Crippen MR) is 97.8 cm³/mol. The zero-order chi connectivity index (χ0) is 20.2. The number of aromatic nitrogens is 1. The van der Waals surface area contributed by atoms with E-state index in [-0.39, 0.29) is 10.5 Å². The number of hydrogen-bond acceptors (Lipinski definition) is 8. The Labute approximate surface area is 161 Å². The Morgan fingerprint density at radius 3 is 2.63 bits per heavy atom. The van der Waals surface area contributed by atoms with Crippen molar-refractivity contribution in [2.75, 3.05) is 20.7 Å². The van der Waals surface area contributed by atoms with Gasteiger partial charge in [0.05, 0.1) is 16.5 Å². The molecular weight excluding hydrogens is 390 g/mol. The minimum atomic E-state index is -3.71. The van der Waals surface area contributed by atoms with E-state index in [0.717, 1.165) is 4.31 Å². The first-order valence-electron chi connectivity index (χ1n) is 7.71. The molecule has 0 amide bonds. The molecule has 0 N–H and O–H groups in total. The number of rotatable bonds is 7. The zero-order valence-corrected chi connectivity index (χ0v) is 16.5. The lowest BCUT2D eigenvalue weighted by atomic mass is 10.1. The molecule has 0 fully saturated rings. The normalized spacial score (nSPS) is 12.4. The number of esters is 1. The van der Waals surface area contributed by atoms with Crippen LogP contribution in [0.5, 0.6) is 0 Å². The Kier molecular flexibility index (Phi) is 6.43. The standard InChI is InChI=1S/C17H17N3O5S2/c1-11-10-26-16(19-11)14(8-18)15(21)9-25-17(22)12-5-4-6-13(7-12)27(23,24)20(2)3/h4-7,10,14H,9H2,1-3H3/t14-/m1/s1. The zero-order valence-electron chi connectivity index (χ0n) is 14.9. The van der Waals surface area contributed by atoms with E-state index in [1.807, 2.05) is 6.07 Å². The Morgan fingerprint density at radius 1 is 1.37 bits per heavy atom. The second-order valence-electron chi connectivity index (χ2n) is 5.75. The molecule has 0 radical (unpaired) electrons. The topological polar surface area (TPSA) is 117 Å². The van der Waals surface area contributed by atoms with Crippen molar-refractivity contribution in [3.05, 3.63) is 45.9 Å². The van der Waals surface area contributed by atoms with Crippen LogP contribution in [-0.4, -0.2) is 50.2 Å². The molecule has 142 valence electrons. The fourth-order valence-electron chi connectivity index (χ4n) is 2.07. The van der Waals surface area contributed by atoms with Crippen molar-refractivity contribution in [1.29, 1.82) is 5.26 Å². The summed E-state index contributed by atoms with van der Waals surface area (Å²) in [5.41, 5.74) is 0.684. The number of nitriles is 1. The van der Waals surface area contributed by atoms with Gasteiger partial charge < -0.3 is 4.74 Å². The summed E-state index contributed by atoms with van der Waals surface area (Å²) in [4.78, 5) is 28.4. The Balaban J connectivity index is 2.10. The van der Waals surface area contributed by atoms with Crippen LogP contribution < -0.4 is 0 Å². The number of carbonyl (C=O) groups excluding carboxylic acids is 2. The second kappa shape index (κ2) is 8.39. The molecule has 8 nitrogen and oxygen atoms in total. The summed E-state index contributed by atoms with van der Waals surface area (Å²) in [7, 11) is -0.954. The molecule has 0 aliphatic carbocycles. The Morgan fingerprint density at radius 2 is 2.07 bits per heavy atom. The number of thiazole rings is 1. The lowest BCUT2D eigenvalue weighted by Crippen LogP contribution is -2.23. The molecule has 1 atom stereocenters. The summed E-state index contributed by atoms with van der Waals surface area (Å²) in [5.74, 6) is -2.57. The average molecular weight is 407 g/mol. The first-order chi connectivity index (χ1) is 12.7. The maximum absolute atomic E-state index is 12.2. The molecule has 0 unspecified atom stereocenters. The molecule has 0 bridgehead atoms. The van der Waals surface area contributed by atoms with E-state index in [1.165, 1.54) is 49.7 Å². The highest BCUT2D eigenvalue weighted by atomic mass is 32.2. The van der Waals surface area contributed by atoms with Crippen LogP contribution >= 0.6 is 11.3 Å². The van der Waals surface area contributed by atoms with E-state index in [9.17, 15) is 23.3 Å². The summed E-state index contributed by atoms with van der Waals surface area (Å²) >= 11 is 1.18. The molecule has 1 aromatic heterocycles. The maximum Gasteiger partial charge on any atom is 0.338 e. The third kappa shape index (κ3) is 4.77. The smallest absolute Gasteiger partial charge is 0.338 e. The average Bonchev–Trinajstić information content (AvgIpc) is 3.06. The van der Waals surface area contributed by atoms with Crippen molar-refractivity contribution in [3.63, 3.8) is 0 Å². The van der Waals surface area contributed by atoms with Crippen LogP contribution in [0.4, 0.5) is 0 Å². The van der Waals surface area contributed by atoms with Gasteiger partial charge in [-0.2, -0.15) is 5.26 Å². The number of carbonyl (C=O) groups is 2. The number of hydrogen-bond donors (Lipinski definition) is 0. The number of nitrogens with zero attached hydrogens (tertiary/aromatic N) is 3. The van der Waals surface area contributed by atoms with Gasteiger partial charge in [0.25, 0.3) is 0 Å². The summed E-state index contributed by atoms with van der Waals surface area (Å²) in [6, 6.07) is 7.18. The number of aryl methyl sites for hydroxylation is 1. The van der Waals surface area contributed by atoms with Gasteiger partial charge in [0.1, 0.15) is 5.01 Å². The molecule has 2 aromatic rings. The second-order valence-corrected chi connectivity index (χ2v) is 8.79. The number of ether oxygens (including phenoxy) is 1. The first kappa shape index (κ1) is 20.7. The van der Waals surface area contributed by atoms with Gasteiger partial charge in [0.15, 0.2) is 18.3 Å². The lowest BCUT2D eigenvalue weighted by Gasteiger charge is -2.12. The van der Waals surface area contributed by atoms with Gasteiger partial charge in [0.2, 0.25) is 10.0 Å². The SMILES string of the molecule is Cc1csc([C@H](C#N)C(=O)COC(=O)c2cccc(S(=O)(=O)N(C)C)c2)n1. The minimum Gasteiger partial charge on any atom is -0.454 e. The van der Waals surface area contributed by atoms with Crippen LogP contribution in [-0.2, 0) is 19.6 Å². The number of benzene rings is 1. The van der Waals surface area contributed by atoms with Gasteiger partial charge in [0, 0.05) is 25.2 Å². The highest BCUT2D eigenvalue weighted by molar-refractivity contribution is 7.89. The van der Waals surface area contributed by atoms with Gasteiger partial charge in [-0.05, 0) is 25.1 Å². The molecular formula is C17H17N3O5S2. The summed E-state index contributed by atoms with van der Waals surface area (Å²) in [6.45, 7) is 1.13. The van der Waals surface area contributed by atoms with E-state index in [0.29, 0.717) is 10.7 Å². The molecule has 1 heterocycles. The highest BCUT2D eigenvalue weighted by Gasteiger charge is 2.25. The van der Waals surface area contributed by atoms with Crippen molar-refractivity contribution in [1.82, 2.24) is 9.29 Å². The summed E-state index contributed by atoms with van der Waals surface area (Å²) in [5, 5.41) is 11.3. The largest absolute Gasteiger partial charge is 0.454 e. The van der Waals surface area contributed by atoms with Crippen LogP contribution in [0.25, 0.3) is 0 Å². The van der Waals surface area contributed by atoms with Gasteiger partial charge in [-0.15, -0.1) is 11.3 Å². The monoisotopic (exact) mass is 407 g/mol. The van der Waals surface area contributed by atoms with E-state index >= 15 is 0 Å². The molecule has 27 heavy (non-hydrogen) atoms. The number of Topliss-reactive ketones (excluding diaryl/α,β-unsaturated/α-hetero) is 1. The van der Waals surface area contributed by atoms with Crippen LogP contribution in [0, 0.1) is 18.3 Å². The van der Waals surface area contributed by atoms with Gasteiger partial charge >= 0.3 is 5.97 Å². The third-order valence-corrected chi connectivity index (χ3v) is 6.37. The molecule has 2 rings (SSSR count). The quantitative estimate of drug-likeness (QED) is 0.642. The number of ketones is 1. The van der Waals surface area contributed by atoms with E-state index in [1.54, 1.807) is 12.3 Å². The molecule has 0 aliphatic rings. The first-order valence-corrected chi connectivity index (χ1v) is 10.0. The van der Waals surface area contributed by atoms with Crippen LogP contribution in [0.2, 0.25) is 0 Å². The van der Waals surface area contributed by atoms with E-state index in [4.69, 9.17) is 4.74 Å². The van der Waals surface area contributed by atoms with Crippen LogP contribution in [0.3, 0.4) is 0 Å². The third-order valence-electron chi connectivity index (χ3n) is 3.53. The van der Waals surface area contributed by atoms with Gasteiger partial charge in [-0.3, -0.25) is 4.79 Å². The van der Waals surface area contributed by atoms with Crippen molar-refractivity contribution in [2.45, 2.75) is 17.7 Å².